The first-order valence-corrected chi connectivity index (χ1v) is 7.47. The van der Waals surface area contributed by atoms with E-state index in [4.69, 9.17) is 9.57 Å². The lowest BCUT2D eigenvalue weighted by atomic mass is 9.83. The highest BCUT2D eigenvalue weighted by Gasteiger charge is 2.25. The van der Waals surface area contributed by atoms with Crippen LogP contribution in [0.3, 0.4) is 0 Å². The van der Waals surface area contributed by atoms with Crippen molar-refractivity contribution in [1.82, 2.24) is 5.48 Å². The summed E-state index contributed by atoms with van der Waals surface area (Å²) < 4.78 is 5.43. The van der Waals surface area contributed by atoms with Crippen LogP contribution in [-0.4, -0.2) is 18.8 Å². The number of fused-ring (bicyclic) bond motifs is 1. The summed E-state index contributed by atoms with van der Waals surface area (Å²) in [7, 11) is 0. The second-order valence-corrected chi connectivity index (χ2v) is 5.59. The molecule has 1 N–H and O–H groups in total. The van der Waals surface area contributed by atoms with Crippen LogP contribution in [0, 0.1) is 5.92 Å². The zero-order valence-corrected chi connectivity index (χ0v) is 11.6. The highest BCUT2D eigenvalue weighted by Crippen LogP contribution is 2.25. The molecule has 0 radical (unpaired) electrons. The number of benzene rings is 1. The molecule has 2 aliphatic rings. The molecule has 1 aromatic carbocycles. The van der Waals surface area contributed by atoms with Gasteiger partial charge in [-0.3, -0.25) is 4.79 Å². The molecule has 3 rings (SSSR count). The topological polar surface area (TPSA) is 47.6 Å². The maximum atomic E-state index is 12.2. The lowest BCUT2D eigenvalue weighted by Gasteiger charge is -2.26. The number of hydroxylamine groups is 1. The Labute approximate surface area is 119 Å². The molecule has 1 amide bonds. The molecule has 0 spiro atoms. The molecule has 0 aromatic heterocycles. The van der Waals surface area contributed by atoms with Crippen LogP contribution in [0.2, 0.25) is 0 Å². The number of rotatable bonds is 3. The van der Waals surface area contributed by atoms with Gasteiger partial charge in [-0.05, 0) is 43.2 Å². The molecule has 4 heteroatoms. The van der Waals surface area contributed by atoms with Gasteiger partial charge in [0.15, 0.2) is 6.29 Å². The second-order valence-electron chi connectivity index (χ2n) is 5.59. The van der Waals surface area contributed by atoms with E-state index in [-0.39, 0.29) is 18.1 Å². The van der Waals surface area contributed by atoms with E-state index >= 15 is 0 Å². The maximum Gasteiger partial charge on any atom is 0.247 e. The van der Waals surface area contributed by atoms with E-state index in [0.717, 1.165) is 45.1 Å². The van der Waals surface area contributed by atoms with Crippen LogP contribution in [0.5, 0.6) is 0 Å². The molecule has 20 heavy (non-hydrogen) atoms. The van der Waals surface area contributed by atoms with Gasteiger partial charge in [0, 0.05) is 18.9 Å². The number of hydrogen-bond acceptors (Lipinski definition) is 3. The Morgan fingerprint density at radius 3 is 2.85 bits per heavy atom. The van der Waals surface area contributed by atoms with Gasteiger partial charge < -0.3 is 4.74 Å². The fraction of sp³-hybridized carbons (Fsp3) is 0.562. The van der Waals surface area contributed by atoms with Gasteiger partial charge in [0.2, 0.25) is 5.91 Å². The Morgan fingerprint density at radius 1 is 1.20 bits per heavy atom. The normalized spacial score (nSPS) is 25.8. The van der Waals surface area contributed by atoms with Gasteiger partial charge in [-0.2, -0.15) is 0 Å². The van der Waals surface area contributed by atoms with E-state index in [1.165, 1.54) is 11.1 Å². The number of aryl methyl sites for hydroxylation is 1. The second kappa shape index (κ2) is 6.37. The molecule has 1 heterocycles. The molecule has 2 unspecified atom stereocenters. The van der Waals surface area contributed by atoms with E-state index in [0.29, 0.717) is 0 Å². The number of nitrogens with one attached hydrogen (secondary N) is 1. The Kier molecular flexibility index (Phi) is 4.33. The third-order valence-corrected chi connectivity index (χ3v) is 4.15. The van der Waals surface area contributed by atoms with Gasteiger partial charge in [0.05, 0.1) is 0 Å². The van der Waals surface area contributed by atoms with Crippen molar-refractivity contribution in [3.63, 3.8) is 0 Å². The van der Waals surface area contributed by atoms with Crippen LogP contribution in [0.25, 0.3) is 0 Å². The van der Waals surface area contributed by atoms with Gasteiger partial charge in [-0.15, -0.1) is 0 Å². The minimum absolute atomic E-state index is 0.00786. The van der Waals surface area contributed by atoms with Crippen molar-refractivity contribution in [3.8, 4) is 0 Å². The Balaban J connectivity index is 1.51. The molecule has 1 saturated heterocycles. The van der Waals surface area contributed by atoms with E-state index in [2.05, 4.69) is 23.7 Å². The minimum atomic E-state index is -0.274. The summed E-state index contributed by atoms with van der Waals surface area (Å²) in [4.78, 5) is 17.5. The summed E-state index contributed by atoms with van der Waals surface area (Å²) in [5, 5.41) is 0. The van der Waals surface area contributed by atoms with Crippen molar-refractivity contribution >= 4 is 5.91 Å². The number of carbonyl (C=O) groups is 1. The Bertz CT molecular complexity index is 469. The highest BCUT2D eigenvalue weighted by atomic mass is 16.8. The van der Waals surface area contributed by atoms with Crippen molar-refractivity contribution in [2.45, 2.75) is 44.8 Å². The van der Waals surface area contributed by atoms with Gasteiger partial charge in [0.1, 0.15) is 0 Å². The largest absolute Gasteiger partial charge is 0.350 e. The molecule has 0 bridgehead atoms. The molecule has 2 atom stereocenters. The summed E-state index contributed by atoms with van der Waals surface area (Å²) in [6.45, 7) is 0.720. The SMILES string of the molecule is O=C(NOC1CCCCO1)C1CCc2ccccc2C1. The van der Waals surface area contributed by atoms with Crippen LogP contribution in [-0.2, 0) is 27.2 Å². The number of hydrogen-bond donors (Lipinski definition) is 1. The Hall–Kier alpha value is -1.39. The highest BCUT2D eigenvalue weighted by molar-refractivity contribution is 5.78. The molecule has 108 valence electrons. The number of ether oxygens (including phenoxy) is 1. The smallest absolute Gasteiger partial charge is 0.247 e. The standard InChI is InChI=1S/C16H21NO3/c18-16(17-20-15-7-3-4-10-19-15)14-9-8-12-5-1-2-6-13(12)11-14/h1-2,5-6,14-15H,3-4,7-11H2,(H,17,18). The Morgan fingerprint density at radius 2 is 2.05 bits per heavy atom. The van der Waals surface area contributed by atoms with Crippen molar-refractivity contribution < 1.29 is 14.4 Å². The molecule has 4 nitrogen and oxygen atoms in total. The lowest BCUT2D eigenvalue weighted by Crippen LogP contribution is -2.38. The van der Waals surface area contributed by atoms with Crippen LogP contribution in [0.4, 0.5) is 0 Å². The molecule has 1 aliphatic heterocycles. The van der Waals surface area contributed by atoms with E-state index in [1.54, 1.807) is 0 Å². The van der Waals surface area contributed by atoms with E-state index in [9.17, 15) is 4.79 Å². The summed E-state index contributed by atoms with van der Waals surface area (Å²) >= 11 is 0. The van der Waals surface area contributed by atoms with Crippen molar-refractivity contribution in [2.24, 2.45) is 5.92 Å². The maximum absolute atomic E-state index is 12.2. The van der Waals surface area contributed by atoms with Crippen molar-refractivity contribution in [2.75, 3.05) is 6.61 Å². The summed E-state index contributed by atoms with van der Waals surface area (Å²) in [5.41, 5.74) is 5.24. The first-order valence-electron chi connectivity index (χ1n) is 7.47. The summed E-state index contributed by atoms with van der Waals surface area (Å²) in [6, 6.07) is 8.35. The quantitative estimate of drug-likeness (QED) is 0.861. The zero-order chi connectivity index (χ0) is 13.8. The predicted octanol–water partition coefficient (Wildman–Crippen LogP) is 2.37. The van der Waals surface area contributed by atoms with Crippen molar-refractivity contribution in [3.05, 3.63) is 35.4 Å². The fourth-order valence-electron chi connectivity index (χ4n) is 2.93. The number of amides is 1. The average molecular weight is 275 g/mol. The molecule has 1 aromatic rings. The van der Waals surface area contributed by atoms with Crippen LogP contribution < -0.4 is 5.48 Å². The average Bonchev–Trinajstić information content (AvgIpc) is 2.53. The molecule has 0 saturated carbocycles. The van der Waals surface area contributed by atoms with Crippen molar-refractivity contribution in [1.29, 1.82) is 0 Å². The third-order valence-electron chi connectivity index (χ3n) is 4.15. The first kappa shape index (κ1) is 13.6. The zero-order valence-electron chi connectivity index (χ0n) is 11.6. The van der Waals surface area contributed by atoms with Gasteiger partial charge in [0.25, 0.3) is 0 Å². The monoisotopic (exact) mass is 275 g/mol. The van der Waals surface area contributed by atoms with Crippen LogP contribution >= 0.6 is 0 Å². The molecule has 1 aliphatic carbocycles. The van der Waals surface area contributed by atoms with Gasteiger partial charge in [-0.1, -0.05) is 24.3 Å². The lowest BCUT2D eigenvalue weighted by molar-refractivity contribution is -0.202. The molecule has 1 fully saturated rings. The summed E-state index contributed by atoms with van der Waals surface area (Å²) in [5.74, 6) is -0.0119. The van der Waals surface area contributed by atoms with E-state index in [1.807, 2.05) is 6.07 Å². The van der Waals surface area contributed by atoms with Gasteiger partial charge in [-0.25, -0.2) is 10.3 Å². The molecular formula is C16H21NO3. The van der Waals surface area contributed by atoms with Crippen LogP contribution in [0.1, 0.15) is 36.8 Å². The third kappa shape index (κ3) is 3.19. The summed E-state index contributed by atoms with van der Waals surface area (Å²) in [6.07, 6.45) is 5.41. The first-order chi connectivity index (χ1) is 9.83. The van der Waals surface area contributed by atoms with E-state index < -0.39 is 0 Å². The van der Waals surface area contributed by atoms with Gasteiger partial charge >= 0.3 is 0 Å². The number of carbonyl (C=O) groups excluding carboxylic acids is 1. The predicted molar refractivity (Wildman–Crippen MR) is 74.8 cm³/mol. The fourth-order valence-corrected chi connectivity index (χ4v) is 2.93. The van der Waals surface area contributed by atoms with Crippen LogP contribution in [0.15, 0.2) is 24.3 Å². The minimum Gasteiger partial charge on any atom is -0.350 e. The molecular weight excluding hydrogens is 254 g/mol.